The van der Waals surface area contributed by atoms with Gasteiger partial charge >= 0.3 is 0 Å². The summed E-state index contributed by atoms with van der Waals surface area (Å²) in [6, 6.07) is 1.55. The fraction of sp³-hybridized carbons (Fsp3) is 0.200. The first kappa shape index (κ1) is 6.51. The smallest absolute Gasteiger partial charge is 0.130 e. The summed E-state index contributed by atoms with van der Waals surface area (Å²) in [6.07, 6.45) is 1.55. The van der Waals surface area contributed by atoms with Gasteiger partial charge in [0.25, 0.3) is 0 Å². The van der Waals surface area contributed by atoms with Crippen molar-refractivity contribution in [2.24, 2.45) is 5.11 Å². The summed E-state index contributed by atoms with van der Waals surface area (Å²) >= 11 is 0. The number of aryl methyl sites for hydroxylation is 1. The van der Waals surface area contributed by atoms with Crippen LogP contribution in [0.3, 0.4) is 0 Å². The largest absolute Gasteiger partial charge is 0.242 e. The van der Waals surface area contributed by atoms with Gasteiger partial charge in [0.15, 0.2) is 0 Å². The molecule has 5 nitrogen and oxygen atoms in total. The Kier molecular flexibility index (Phi) is 1.82. The molecule has 1 aromatic rings. The zero-order chi connectivity index (χ0) is 7.40. The molecule has 0 aliphatic carbocycles. The standard InChI is InChI=1S/C5H5N5/c1-4-7-3-2-5(8-4)9-10-6/h2-3H,1H3. The van der Waals surface area contributed by atoms with E-state index in [4.69, 9.17) is 5.53 Å². The van der Waals surface area contributed by atoms with Crippen LogP contribution in [0.4, 0.5) is 5.82 Å². The van der Waals surface area contributed by atoms with Crippen LogP contribution in [0.25, 0.3) is 10.4 Å². The number of hydrogen-bond donors (Lipinski definition) is 0. The second kappa shape index (κ2) is 2.80. The van der Waals surface area contributed by atoms with E-state index in [1.54, 1.807) is 19.2 Å². The highest BCUT2D eigenvalue weighted by molar-refractivity contribution is 5.23. The number of aromatic nitrogens is 2. The van der Waals surface area contributed by atoms with Crippen LogP contribution in [-0.2, 0) is 0 Å². The van der Waals surface area contributed by atoms with Crippen LogP contribution in [0.2, 0.25) is 0 Å². The third-order valence-corrected chi connectivity index (χ3v) is 0.909. The van der Waals surface area contributed by atoms with Crippen molar-refractivity contribution < 1.29 is 0 Å². The zero-order valence-electron chi connectivity index (χ0n) is 5.39. The lowest BCUT2D eigenvalue weighted by atomic mass is 10.5. The second-order valence-corrected chi connectivity index (χ2v) is 1.65. The maximum Gasteiger partial charge on any atom is 0.130 e. The van der Waals surface area contributed by atoms with E-state index in [-0.39, 0.29) is 0 Å². The Hall–Kier alpha value is -1.61. The molecule has 0 radical (unpaired) electrons. The van der Waals surface area contributed by atoms with Crippen LogP contribution in [0.5, 0.6) is 0 Å². The van der Waals surface area contributed by atoms with E-state index in [2.05, 4.69) is 20.0 Å². The Morgan fingerprint density at radius 2 is 2.50 bits per heavy atom. The number of rotatable bonds is 1. The molecule has 0 saturated heterocycles. The van der Waals surface area contributed by atoms with Crippen LogP contribution < -0.4 is 0 Å². The molecule has 10 heavy (non-hydrogen) atoms. The summed E-state index contributed by atoms with van der Waals surface area (Å²) in [7, 11) is 0. The summed E-state index contributed by atoms with van der Waals surface area (Å²) in [4.78, 5) is 10.2. The highest BCUT2D eigenvalue weighted by Crippen LogP contribution is 2.04. The minimum Gasteiger partial charge on any atom is -0.242 e. The maximum absolute atomic E-state index is 8.01. The van der Waals surface area contributed by atoms with E-state index < -0.39 is 0 Å². The Balaban J connectivity index is 3.06. The average molecular weight is 135 g/mol. The fourth-order valence-corrected chi connectivity index (χ4v) is 0.545. The highest BCUT2D eigenvalue weighted by Gasteiger charge is 1.88. The Morgan fingerprint density at radius 1 is 1.70 bits per heavy atom. The molecule has 0 saturated carbocycles. The number of nitrogens with zero attached hydrogens (tertiary/aromatic N) is 5. The van der Waals surface area contributed by atoms with Crippen molar-refractivity contribution in [1.82, 2.24) is 9.97 Å². The molecular weight excluding hydrogens is 130 g/mol. The molecule has 0 aliphatic rings. The van der Waals surface area contributed by atoms with Gasteiger partial charge in [0.2, 0.25) is 0 Å². The van der Waals surface area contributed by atoms with Crippen molar-refractivity contribution in [1.29, 1.82) is 0 Å². The molecule has 0 unspecified atom stereocenters. The predicted molar refractivity (Wildman–Crippen MR) is 35.6 cm³/mol. The van der Waals surface area contributed by atoms with Gasteiger partial charge in [0.1, 0.15) is 11.6 Å². The topological polar surface area (TPSA) is 74.5 Å². The third-order valence-electron chi connectivity index (χ3n) is 0.909. The van der Waals surface area contributed by atoms with Crippen molar-refractivity contribution in [3.05, 3.63) is 28.5 Å². The fourth-order valence-electron chi connectivity index (χ4n) is 0.545. The van der Waals surface area contributed by atoms with Gasteiger partial charge < -0.3 is 0 Å². The van der Waals surface area contributed by atoms with Gasteiger partial charge in [-0.25, -0.2) is 9.97 Å². The monoisotopic (exact) mass is 135 g/mol. The summed E-state index contributed by atoms with van der Waals surface area (Å²) < 4.78 is 0. The molecule has 50 valence electrons. The van der Waals surface area contributed by atoms with Gasteiger partial charge in [-0.15, -0.1) is 0 Å². The molecule has 0 atom stereocenters. The molecule has 0 N–H and O–H groups in total. The van der Waals surface area contributed by atoms with Gasteiger partial charge in [0.05, 0.1) is 0 Å². The molecule has 1 rings (SSSR count). The lowest BCUT2D eigenvalue weighted by molar-refractivity contribution is 1.04. The van der Waals surface area contributed by atoms with Gasteiger partial charge in [-0.3, -0.25) is 0 Å². The molecule has 1 aromatic heterocycles. The second-order valence-electron chi connectivity index (χ2n) is 1.65. The Labute approximate surface area is 57.4 Å². The molecular formula is C5H5N5. The van der Waals surface area contributed by atoms with E-state index >= 15 is 0 Å². The van der Waals surface area contributed by atoms with Crippen LogP contribution in [0, 0.1) is 6.92 Å². The molecule has 0 aliphatic heterocycles. The summed E-state index contributed by atoms with van der Waals surface area (Å²) in [5.74, 6) is 0.958. The molecule has 0 spiro atoms. The average Bonchev–Trinajstić information content (AvgIpc) is 1.88. The van der Waals surface area contributed by atoms with E-state index in [9.17, 15) is 0 Å². The van der Waals surface area contributed by atoms with E-state index in [0.29, 0.717) is 11.6 Å². The van der Waals surface area contributed by atoms with Crippen LogP contribution in [0.1, 0.15) is 5.82 Å². The van der Waals surface area contributed by atoms with Gasteiger partial charge in [-0.05, 0) is 23.6 Å². The highest BCUT2D eigenvalue weighted by atomic mass is 15.2. The van der Waals surface area contributed by atoms with Crippen molar-refractivity contribution in [2.75, 3.05) is 0 Å². The molecule has 0 bridgehead atoms. The number of azide groups is 1. The number of hydrogen-bond acceptors (Lipinski definition) is 3. The van der Waals surface area contributed by atoms with Crippen molar-refractivity contribution in [3.8, 4) is 0 Å². The first-order chi connectivity index (χ1) is 4.83. The molecule has 0 aromatic carbocycles. The molecule has 0 amide bonds. The minimum atomic E-state index is 0.356. The zero-order valence-corrected chi connectivity index (χ0v) is 5.39. The normalized spacial score (nSPS) is 8.50. The lowest BCUT2D eigenvalue weighted by Crippen LogP contribution is -1.82. The summed E-state index contributed by atoms with van der Waals surface area (Å²) in [6.45, 7) is 1.73. The Bertz CT molecular complexity index is 275. The van der Waals surface area contributed by atoms with Gasteiger partial charge in [-0.2, -0.15) is 0 Å². The SMILES string of the molecule is Cc1nccc(N=[N+]=[N-])n1. The Morgan fingerprint density at radius 3 is 3.10 bits per heavy atom. The van der Waals surface area contributed by atoms with E-state index in [0.717, 1.165) is 0 Å². The van der Waals surface area contributed by atoms with Crippen LogP contribution >= 0.6 is 0 Å². The predicted octanol–water partition coefficient (Wildman–Crippen LogP) is 1.73. The summed E-state index contributed by atoms with van der Waals surface area (Å²) in [5.41, 5.74) is 8.01. The lowest BCUT2D eigenvalue weighted by Gasteiger charge is -1.89. The van der Waals surface area contributed by atoms with Crippen LogP contribution in [0.15, 0.2) is 17.4 Å². The third kappa shape index (κ3) is 1.43. The van der Waals surface area contributed by atoms with E-state index in [1.807, 2.05) is 0 Å². The summed E-state index contributed by atoms with van der Waals surface area (Å²) in [5, 5.41) is 3.30. The van der Waals surface area contributed by atoms with Crippen molar-refractivity contribution >= 4 is 5.82 Å². The van der Waals surface area contributed by atoms with Crippen molar-refractivity contribution in [2.45, 2.75) is 6.92 Å². The quantitative estimate of drug-likeness (QED) is 0.334. The van der Waals surface area contributed by atoms with Crippen molar-refractivity contribution in [3.63, 3.8) is 0 Å². The van der Waals surface area contributed by atoms with Crippen LogP contribution in [-0.4, -0.2) is 9.97 Å². The first-order valence-electron chi connectivity index (χ1n) is 2.67. The van der Waals surface area contributed by atoms with Gasteiger partial charge in [0, 0.05) is 11.1 Å². The maximum atomic E-state index is 8.01. The molecule has 5 heteroatoms. The first-order valence-corrected chi connectivity index (χ1v) is 2.67. The van der Waals surface area contributed by atoms with Gasteiger partial charge in [-0.1, -0.05) is 0 Å². The molecule has 1 heterocycles. The van der Waals surface area contributed by atoms with E-state index in [1.165, 1.54) is 0 Å². The molecule has 0 fully saturated rings. The minimum absolute atomic E-state index is 0.356.